The third kappa shape index (κ3) is 4.86. The third-order valence-electron chi connectivity index (χ3n) is 5.40. The van der Waals surface area contributed by atoms with Crippen LogP contribution in [0.1, 0.15) is 44.3 Å². The number of hydrogen-bond donors (Lipinski definition) is 3. The van der Waals surface area contributed by atoms with Gasteiger partial charge in [-0.25, -0.2) is 15.0 Å². The number of halogens is 1. The highest BCUT2D eigenvalue weighted by molar-refractivity contribution is 5.80. The van der Waals surface area contributed by atoms with E-state index >= 15 is 0 Å². The van der Waals surface area contributed by atoms with Crippen LogP contribution in [-0.2, 0) is 9.59 Å². The fourth-order valence-corrected chi connectivity index (χ4v) is 3.77. The van der Waals surface area contributed by atoms with Crippen molar-refractivity contribution >= 4 is 24.0 Å². The summed E-state index contributed by atoms with van der Waals surface area (Å²) in [7, 11) is 0. The Morgan fingerprint density at radius 1 is 1.36 bits per heavy atom. The van der Waals surface area contributed by atoms with Gasteiger partial charge < -0.3 is 4.90 Å². The molecular formula is C18H27FN6O3. The zero-order valence-electron chi connectivity index (χ0n) is 16.0. The Labute approximate surface area is 163 Å². The van der Waals surface area contributed by atoms with Crippen molar-refractivity contribution in [3.63, 3.8) is 0 Å². The number of nitrogens with zero attached hydrogens (tertiary/aromatic N) is 4. The van der Waals surface area contributed by atoms with Crippen molar-refractivity contribution in [1.82, 2.24) is 20.5 Å². The van der Waals surface area contributed by atoms with E-state index in [4.69, 9.17) is 0 Å². The monoisotopic (exact) mass is 394 g/mol. The molecule has 1 unspecified atom stereocenters. The molecule has 1 saturated heterocycles. The molecule has 28 heavy (non-hydrogen) atoms. The fourth-order valence-electron chi connectivity index (χ4n) is 3.77. The molecule has 0 bridgehead atoms. The van der Waals surface area contributed by atoms with Gasteiger partial charge in [-0.2, -0.15) is 4.39 Å². The molecule has 1 aliphatic carbocycles. The van der Waals surface area contributed by atoms with Gasteiger partial charge in [-0.1, -0.05) is 25.7 Å². The first-order valence-corrected chi connectivity index (χ1v) is 9.73. The lowest BCUT2D eigenvalue weighted by atomic mass is 9.92. The highest BCUT2D eigenvalue weighted by Gasteiger charge is 2.28. The van der Waals surface area contributed by atoms with Crippen LogP contribution >= 0.6 is 0 Å². The Bertz CT molecular complexity index is 709. The summed E-state index contributed by atoms with van der Waals surface area (Å²) in [6, 6.07) is 0. The molecule has 0 spiro atoms. The van der Waals surface area contributed by atoms with E-state index in [1.54, 1.807) is 6.92 Å². The Hall–Kier alpha value is -2.49. The first kappa shape index (κ1) is 20.2. The van der Waals surface area contributed by atoms with Crippen LogP contribution in [0.3, 0.4) is 0 Å². The van der Waals surface area contributed by atoms with Gasteiger partial charge in [0.15, 0.2) is 11.6 Å². The summed E-state index contributed by atoms with van der Waals surface area (Å²) < 4.78 is 14.7. The van der Waals surface area contributed by atoms with E-state index < -0.39 is 17.6 Å². The van der Waals surface area contributed by atoms with Gasteiger partial charge in [-0.05, 0) is 25.7 Å². The maximum absolute atomic E-state index is 14.7. The van der Waals surface area contributed by atoms with Crippen LogP contribution in [0.5, 0.6) is 0 Å². The topological polar surface area (TPSA) is 111 Å². The van der Waals surface area contributed by atoms with Crippen molar-refractivity contribution in [2.24, 2.45) is 11.8 Å². The number of hydroxylamine groups is 2. The van der Waals surface area contributed by atoms with Crippen LogP contribution in [0.4, 0.5) is 16.0 Å². The quantitative estimate of drug-likeness (QED) is 0.332. The van der Waals surface area contributed by atoms with Gasteiger partial charge in [-0.3, -0.25) is 25.6 Å². The number of amides is 2. The van der Waals surface area contributed by atoms with Crippen molar-refractivity contribution in [2.45, 2.75) is 45.4 Å². The number of anilines is 2. The molecule has 1 aromatic rings. The lowest BCUT2D eigenvalue weighted by Crippen LogP contribution is -2.42. The van der Waals surface area contributed by atoms with Crippen molar-refractivity contribution in [2.75, 3.05) is 30.0 Å². The smallest absolute Gasteiger partial charge is 0.243 e. The maximum atomic E-state index is 14.7. The average Bonchev–Trinajstić information content (AvgIpc) is 3.13. The molecule has 3 N–H and O–H groups in total. The summed E-state index contributed by atoms with van der Waals surface area (Å²) in [5.41, 5.74) is 5.03. The molecule has 0 aromatic carbocycles. The van der Waals surface area contributed by atoms with Crippen molar-refractivity contribution in [1.29, 1.82) is 0 Å². The fraction of sp³-hybridized carbons (Fsp3) is 0.667. The van der Waals surface area contributed by atoms with E-state index in [0.29, 0.717) is 23.2 Å². The molecule has 2 heterocycles. The van der Waals surface area contributed by atoms with E-state index in [1.165, 1.54) is 0 Å². The molecule has 1 atom stereocenters. The molecule has 1 saturated carbocycles. The minimum absolute atomic E-state index is 0.0985. The molecule has 1 aromatic heterocycles. The number of rotatable bonds is 9. The molecule has 2 amide bonds. The summed E-state index contributed by atoms with van der Waals surface area (Å²) >= 11 is 0. The number of hydrogen-bond acceptors (Lipinski definition) is 7. The van der Waals surface area contributed by atoms with E-state index in [2.05, 4.69) is 20.8 Å². The predicted octanol–water partition coefficient (Wildman–Crippen LogP) is 1.62. The lowest BCUT2D eigenvalue weighted by Gasteiger charge is -2.32. The maximum Gasteiger partial charge on any atom is 0.243 e. The zero-order chi connectivity index (χ0) is 20.1. The predicted molar refractivity (Wildman–Crippen MR) is 99.9 cm³/mol. The summed E-state index contributed by atoms with van der Waals surface area (Å²) in [5.74, 6) is -0.744. The third-order valence-corrected chi connectivity index (χ3v) is 5.40. The van der Waals surface area contributed by atoms with Gasteiger partial charge in [0.05, 0.1) is 12.5 Å². The minimum Gasteiger partial charge on any atom is -0.354 e. The summed E-state index contributed by atoms with van der Waals surface area (Å²) in [6.45, 7) is 3.02. The van der Waals surface area contributed by atoms with Crippen LogP contribution in [0.15, 0.2) is 0 Å². The molecule has 9 nitrogen and oxygen atoms in total. The second-order valence-electron chi connectivity index (χ2n) is 7.52. The number of nitrogens with one attached hydrogen (secondary N) is 2. The number of hydrazine groups is 1. The van der Waals surface area contributed by atoms with Crippen LogP contribution in [0.2, 0.25) is 0 Å². The van der Waals surface area contributed by atoms with Gasteiger partial charge in [0.2, 0.25) is 18.1 Å². The Morgan fingerprint density at radius 3 is 2.68 bits per heavy atom. The van der Waals surface area contributed by atoms with Crippen LogP contribution < -0.4 is 15.8 Å². The second-order valence-corrected chi connectivity index (χ2v) is 7.52. The Balaban J connectivity index is 1.65. The minimum atomic E-state index is -0.616. The molecule has 3 rings (SSSR count). The molecule has 2 fully saturated rings. The summed E-state index contributed by atoms with van der Waals surface area (Å²) in [5, 5.41) is 10.00. The summed E-state index contributed by atoms with van der Waals surface area (Å²) in [4.78, 5) is 33.4. The van der Waals surface area contributed by atoms with Crippen LogP contribution in [0.25, 0.3) is 0 Å². The SMILES string of the molecule is Cc1nc(NNC(=O)C(CC2CCCC2)CN(O)C=O)c(F)c(N2CCC2)n1. The normalized spacial score (nSPS) is 17.8. The van der Waals surface area contributed by atoms with Crippen molar-refractivity contribution < 1.29 is 19.2 Å². The number of aryl methyl sites for hydroxylation is 1. The first-order chi connectivity index (χ1) is 13.5. The van der Waals surface area contributed by atoms with E-state index in [0.717, 1.165) is 45.2 Å². The Morgan fingerprint density at radius 2 is 2.07 bits per heavy atom. The number of aromatic nitrogens is 2. The molecule has 154 valence electrons. The van der Waals surface area contributed by atoms with E-state index in [1.807, 2.05) is 4.90 Å². The molecule has 10 heteroatoms. The van der Waals surface area contributed by atoms with E-state index in [-0.39, 0.29) is 24.6 Å². The van der Waals surface area contributed by atoms with Gasteiger partial charge in [0.25, 0.3) is 0 Å². The zero-order valence-corrected chi connectivity index (χ0v) is 16.0. The van der Waals surface area contributed by atoms with Crippen LogP contribution in [0, 0.1) is 24.6 Å². The first-order valence-electron chi connectivity index (χ1n) is 9.73. The summed E-state index contributed by atoms with van der Waals surface area (Å²) in [6.07, 6.45) is 6.12. The molecule has 0 radical (unpaired) electrons. The van der Waals surface area contributed by atoms with Crippen molar-refractivity contribution in [3.8, 4) is 0 Å². The highest BCUT2D eigenvalue weighted by Crippen LogP contribution is 2.31. The van der Waals surface area contributed by atoms with Gasteiger partial charge >= 0.3 is 0 Å². The highest BCUT2D eigenvalue weighted by atomic mass is 19.1. The van der Waals surface area contributed by atoms with Gasteiger partial charge in [-0.15, -0.1) is 0 Å². The van der Waals surface area contributed by atoms with Crippen LogP contribution in [-0.4, -0.2) is 52.2 Å². The largest absolute Gasteiger partial charge is 0.354 e. The van der Waals surface area contributed by atoms with Crippen molar-refractivity contribution in [3.05, 3.63) is 11.6 Å². The van der Waals surface area contributed by atoms with Gasteiger partial charge in [0.1, 0.15) is 5.82 Å². The lowest BCUT2D eigenvalue weighted by molar-refractivity contribution is -0.154. The van der Waals surface area contributed by atoms with E-state index in [9.17, 15) is 19.2 Å². The standard InChI is InChI=1S/C18H27FN6O3/c1-12-20-16(15(19)17(21-12)24-7-4-8-24)22-23-18(27)14(10-25(28)11-26)9-13-5-2-3-6-13/h11,13-14,28H,2-10H2,1H3,(H,23,27)(H,20,21,22). The second kappa shape index (κ2) is 9.13. The van der Waals surface area contributed by atoms with Gasteiger partial charge in [0, 0.05) is 13.1 Å². The number of carbonyl (C=O) groups is 2. The molecular weight excluding hydrogens is 367 g/mol. The Kier molecular flexibility index (Phi) is 6.61. The number of carbonyl (C=O) groups excluding carboxylic acids is 2. The average molecular weight is 394 g/mol. The molecule has 2 aliphatic rings. The molecule has 1 aliphatic heterocycles.